The van der Waals surface area contributed by atoms with Crippen LogP contribution in [0.5, 0.6) is 5.75 Å². The Labute approximate surface area is 155 Å². The molecule has 1 amide bonds. The van der Waals surface area contributed by atoms with Gasteiger partial charge in [0.25, 0.3) is 0 Å². The van der Waals surface area contributed by atoms with Crippen molar-refractivity contribution in [3.8, 4) is 16.9 Å². The Morgan fingerprint density at radius 1 is 0.885 bits per heavy atom. The number of hydrogen-bond donors (Lipinski definition) is 1. The van der Waals surface area contributed by atoms with Gasteiger partial charge in [0.1, 0.15) is 13.6 Å². The quantitative estimate of drug-likeness (QED) is 0.724. The van der Waals surface area contributed by atoms with Gasteiger partial charge in [-0.25, -0.2) is 0 Å². The highest BCUT2D eigenvalue weighted by atomic mass is 16.5. The molecule has 26 heavy (non-hydrogen) atoms. The third-order valence-electron chi connectivity index (χ3n) is 4.90. The van der Waals surface area contributed by atoms with Crippen molar-refractivity contribution in [2.24, 2.45) is 0 Å². The number of methoxy groups -OCH3 is 1. The maximum atomic E-state index is 12.8. The largest absolute Gasteiger partial charge is 0.497 e. The molecule has 3 aromatic carbocycles. The van der Waals surface area contributed by atoms with Crippen LogP contribution in [0, 0.1) is 0 Å². The standard InChI is InChI=1S/C22H22BNO2/c1-24-21(25)22(23,18-8-4-3-5-9-18)19-10-6-7-17(15-19)16-11-13-20(26-2)14-12-16/h3-15H,23H2,1-2H3,(H,24,25). The lowest BCUT2D eigenvalue weighted by atomic mass is 9.59. The van der Waals surface area contributed by atoms with Crippen LogP contribution in [-0.2, 0) is 10.1 Å². The van der Waals surface area contributed by atoms with Crippen molar-refractivity contribution in [3.63, 3.8) is 0 Å². The van der Waals surface area contributed by atoms with E-state index in [2.05, 4.69) is 17.4 Å². The minimum atomic E-state index is -0.765. The summed E-state index contributed by atoms with van der Waals surface area (Å²) in [5.41, 5.74) is 4.07. The van der Waals surface area contributed by atoms with Crippen molar-refractivity contribution in [2.45, 2.75) is 5.31 Å². The minimum absolute atomic E-state index is 0.0319. The van der Waals surface area contributed by atoms with E-state index in [1.165, 1.54) is 0 Å². The van der Waals surface area contributed by atoms with Crippen molar-refractivity contribution >= 4 is 13.8 Å². The second kappa shape index (κ2) is 7.48. The average molecular weight is 343 g/mol. The van der Waals surface area contributed by atoms with E-state index in [9.17, 15) is 4.79 Å². The molecule has 0 heterocycles. The molecule has 0 spiro atoms. The zero-order chi connectivity index (χ0) is 18.6. The molecule has 0 aliphatic rings. The van der Waals surface area contributed by atoms with E-state index in [0.717, 1.165) is 28.0 Å². The van der Waals surface area contributed by atoms with Gasteiger partial charge in [-0.3, -0.25) is 4.79 Å². The average Bonchev–Trinajstić information content (AvgIpc) is 2.73. The molecule has 0 saturated heterocycles. The number of likely N-dealkylation sites (N-methyl/N-ethyl adjacent to an activating group) is 1. The van der Waals surface area contributed by atoms with Gasteiger partial charge in [0, 0.05) is 7.05 Å². The van der Waals surface area contributed by atoms with Crippen LogP contribution in [0.1, 0.15) is 11.1 Å². The first-order valence-corrected chi connectivity index (χ1v) is 8.62. The van der Waals surface area contributed by atoms with Crippen molar-refractivity contribution in [1.29, 1.82) is 0 Å². The van der Waals surface area contributed by atoms with E-state index in [1.54, 1.807) is 14.2 Å². The summed E-state index contributed by atoms with van der Waals surface area (Å²) in [5, 5.41) is 2.06. The fourth-order valence-corrected chi connectivity index (χ4v) is 3.24. The first-order valence-electron chi connectivity index (χ1n) is 8.62. The number of benzene rings is 3. The van der Waals surface area contributed by atoms with Crippen LogP contribution in [0.4, 0.5) is 0 Å². The molecule has 1 N–H and O–H groups in total. The van der Waals surface area contributed by atoms with Crippen LogP contribution in [0.2, 0.25) is 0 Å². The highest BCUT2D eigenvalue weighted by molar-refractivity contribution is 6.31. The second-order valence-corrected chi connectivity index (χ2v) is 6.38. The summed E-state index contributed by atoms with van der Waals surface area (Å²) in [6.07, 6.45) is 0. The van der Waals surface area contributed by atoms with Crippen LogP contribution < -0.4 is 10.1 Å². The molecular formula is C22H22BNO2. The molecule has 4 heteroatoms. The SMILES string of the molecule is BC(C(=O)NC)(c1ccccc1)c1cccc(-c2ccc(OC)cc2)c1. The lowest BCUT2D eigenvalue weighted by molar-refractivity contribution is -0.122. The molecule has 1 unspecified atom stereocenters. The third-order valence-corrected chi connectivity index (χ3v) is 4.90. The predicted molar refractivity (Wildman–Crippen MR) is 108 cm³/mol. The minimum Gasteiger partial charge on any atom is -0.497 e. The molecule has 0 aliphatic heterocycles. The highest BCUT2D eigenvalue weighted by Gasteiger charge is 2.36. The van der Waals surface area contributed by atoms with Gasteiger partial charge in [0.05, 0.1) is 12.4 Å². The number of ether oxygens (including phenoxy) is 1. The fourth-order valence-electron chi connectivity index (χ4n) is 3.24. The maximum absolute atomic E-state index is 12.8. The molecule has 3 nitrogen and oxygen atoms in total. The summed E-state index contributed by atoms with van der Waals surface area (Å²) in [6, 6.07) is 26.0. The molecule has 130 valence electrons. The van der Waals surface area contributed by atoms with Gasteiger partial charge in [-0.15, -0.1) is 0 Å². The van der Waals surface area contributed by atoms with Gasteiger partial charge >= 0.3 is 0 Å². The van der Waals surface area contributed by atoms with Crippen molar-refractivity contribution in [2.75, 3.05) is 14.2 Å². The van der Waals surface area contributed by atoms with Crippen LogP contribution in [0.25, 0.3) is 11.1 Å². The van der Waals surface area contributed by atoms with E-state index < -0.39 is 5.31 Å². The molecule has 1 atom stereocenters. The van der Waals surface area contributed by atoms with Gasteiger partial charge in [0.15, 0.2) is 0 Å². The van der Waals surface area contributed by atoms with E-state index in [1.807, 2.05) is 74.6 Å². The van der Waals surface area contributed by atoms with Crippen molar-refractivity contribution in [3.05, 3.63) is 90.0 Å². The number of nitrogens with one attached hydrogen (secondary N) is 1. The Morgan fingerprint density at radius 2 is 1.54 bits per heavy atom. The number of carbonyl (C=O) groups excluding carboxylic acids is 1. The van der Waals surface area contributed by atoms with E-state index >= 15 is 0 Å². The number of rotatable bonds is 5. The van der Waals surface area contributed by atoms with Gasteiger partial charge in [-0.1, -0.05) is 66.7 Å². The first-order chi connectivity index (χ1) is 12.6. The van der Waals surface area contributed by atoms with Crippen LogP contribution in [-0.4, -0.2) is 27.9 Å². The van der Waals surface area contributed by atoms with E-state index in [0.29, 0.717) is 0 Å². The molecule has 0 radical (unpaired) electrons. The third kappa shape index (κ3) is 3.23. The zero-order valence-electron chi connectivity index (χ0n) is 15.3. The van der Waals surface area contributed by atoms with Crippen LogP contribution >= 0.6 is 0 Å². The van der Waals surface area contributed by atoms with E-state index in [4.69, 9.17) is 4.74 Å². The van der Waals surface area contributed by atoms with Gasteiger partial charge < -0.3 is 10.1 Å². The number of carbonyl (C=O) groups is 1. The normalized spacial score (nSPS) is 12.8. The summed E-state index contributed by atoms with van der Waals surface area (Å²) in [4.78, 5) is 12.8. The lowest BCUT2D eigenvalue weighted by Crippen LogP contribution is -2.44. The second-order valence-electron chi connectivity index (χ2n) is 6.38. The Hall–Kier alpha value is -3.01. The molecule has 0 fully saturated rings. The number of amides is 1. The Kier molecular flexibility index (Phi) is 5.12. The Morgan fingerprint density at radius 3 is 2.15 bits per heavy atom. The first kappa shape index (κ1) is 17.8. The summed E-state index contributed by atoms with van der Waals surface area (Å²) in [5.74, 6) is 0.792. The molecular weight excluding hydrogens is 321 g/mol. The Balaban J connectivity index is 2.10. The molecule has 3 aromatic rings. The monoisotopic (exact) mass is 343 g/mol. The van der Waals surface area contributed by atoms with Crippen molar-refractivity contribution in [1.82, 2.24) is 5.32 Å². The molecule has 0 aromatic heterocycles. The molecule has 0 bridgehead atoms. The smallest absolute Gasteiger partial charge is 0.226 e. The number of hydrogen-bond acceptors (Lipinski definition) is 2. The zero-order valence-corrected chi connectivity index (χ0v) is 15.3. The molecule has 3 rings (SSSR count). The predicted octanol–water partition coefficient (Wildman–Crippen LogP) is 2.98. The summed E-state index contributed by atoms with van der Waals surface area (Å²) in [6.45, 7) is 0. The summed E-state index contributed by atoms with van der Waals surface area (Å²) in [7, 11) is 5.30. The van der Waals surface area contributed by atoms with Crippen LogP contribution in [0.3, 0.4) is 0 Å². The van der Waals surface area contributed by atoms with Crippen molar-refractivity contribution < 1.29 is 9.53 Å². The summed E-state index contributed by atoms with van der Waals surface area (Å²) >= 11 is 0. The lowest BCUT2D eigenvalue weighted by Gasteiger charge is -2.29. The molecule has 0 aliphatic carbocycles. The Bertz CT molecular complexity index is 894. The van der Waals surface area contributed by atoms with Gasteiger partial charge in [-0.2, -0.15) is 0 Å². The van der Waals surface area contributed by atoms with Gasteiger partial charge in [-0.05, 0) is 34.4 Å². The van der Waals surface area contributed by atoms with Gasteiger partial charge in [0.2, 0.25) is 5.91 Å². The fraction of sp³-hybridized carbons (Fsp3) is 0.136. The summed E-state index contributed by atoms with van der Waals surface area (Å²) < 4.78 is 5.23. The highest BCUT2D eigenvalue weighted by Crippen LogP contribution is 2.32. The maximum Gasteiger partial charge on any atom is 0.226 e. The van der Waals surface area contributed by atoms with Crippen LogP contribution in [0.15, 0.2) is 78.9 Å². The molecule has 0 saturated carbocycles. The van der Waals surface area contributed by atoms with E-state index in [-0.39, 0.29) is 5.91 Å². The topological polar surface area (TPSA) is 38.3 Å².